The van der Waals surface area contributed by atoms with Crippen LogP contribution in [0.4, 0.5) is 0 Å². The molecule has 7 atom stereocenters. The number of carbonyl (C=O) groups is 1. The van der Waals surface area contributed by atoms with Crippen LogP contribution in [0.25, 0.3) is 0 Å². The average molecular weight is 287 g/mol. The largest absolute Gasteiger partial charge is 0.455 e. The molecule has 19 heavy (non-hydrogen) atoms. The third-order valence-corrected chi connectivity index (χ3v) is 6.37. The molecule has 3 aliphatic rings. The second-order valence-electron chi connectivity index (χ2n) is 7.05. The van der Waals surface area contributed by atoms with Gasteiger partial charge in [0.15, 0.2) is 0 Å². The van der Waals surface area contributed by atoms with Gasteiger partial charge in [-0.05, 0) is 38.5 Å². The maximum absolute atomic E-state index is 12.1. The standard InChI is InChI=1S/C15H23ClO3/c1-8-4-5-11-9(2)12(17)19-15(11)10(8)6-7-14(3,16)13(15)18/h8-11,13,18H,4-7H2,1-3H3/t8-,9-,10+,11+,13-,14+,15+/m1/s1. The zero-order chi connectivity index (χ0) is 14.0. The van der Waals surface area contributed by atoms with Gasteiger partial charge in [-0.25, -0.2) is 0 Å². The minimum atomic E-state index is -0.762. The normalized spacial score (nSPS) is 57.3. The molecule has 3 fully saturated rings. The van der Waals surface area contributed by atoms with Gasteiger partial charge in [0, 0.05) is 11.8 Å². The van der Waals surface area contributed by atoms with Crippen molar-refractivity contribution in [3.05, 3.63) is 0 Å². The summed E-state index contributed by atoms with van der Waals surface area (Å²) in [6.07, 6.45) is 3.03. The second-order valence-corrected chi connectivity index (χ2v) is 7.91. The number of esters is 1. The van der Waals surface area contributed by atoms with Gasteiger partial charge in [-0.1, -0.05) is 13.8 Å². The maximum Gasteiger partial charge on any atom is 0.309 e. The summed E-state index contributed by atoms with van der Waals surface area (Å²) in [6, 6.07) is 0. The fraction of sp³-hybridized carbons (Fsp3) is 0.933. The van der Waals surface area contributed by atoms with Gasteiger partial charge in [-0.3, -0.25) is 4.79 Å². The molecular formula is C15H23ClO3. The van der Waals surface area contributed by atoms with E-state index in [1.54, 1.807) is 0 Å². The molecule has 1 N–H and O–H groups in total. The molecule has 0 aromatic heterocycles. The topological polar surface area (TPSA) is 46.5 Å². The van der Waals surface area contributed by atoms with E-state index in [4.69, 9.17) is 16.3 Å². The van der Waals surface area contributed by atoms with Gasteiger partial charge in [-0.15, -0.1) is 11.6 Å². The van der Waals surface area contributed by atoms with E-state index in [0.717, 1.165) is 25.7 Å². The number of aliphatic hydroxyl groups excluding tert-OH is 1. The third-order valence-electron chi connectivity index (χ3n) is 5.97. The highest BCUT2D eigenvalue weighted by Crippen LogP contribution is 2.60. The summed E-state index contributed by atoms with van der Waals surface area (Å²) in [5.41, 5.74) is -0.733. The van der Waals surface area contributed by atoms with Crippen LogP contribution in [-0.4, -0.2) is 27.7 Å². The van der Waals surface area contributed by atoms with Crippen molar-refractivity contribution in [2.75, 3.05) is 0 Å². The van der Waals surface area contributed by atoms with Gasteiger partial charge in [0.25, 0.3) is 0 Å². The number of rotatable bonds is 0. The van der Waals surface area contributed by atoms with Crippen molar-refractivity contribution in [3.63, 3.8) is 0 Å². The summed E-state index contributed by atoms with van der Waals surface area (Å²) in [5, 5.41) is 10.8. The van der Waals surface area contributed by atoms with E-state index in [-0.39, 0.29) is 23.7 Å². The molecular weight excluding hydrogens is 264 g/mol. The van der Waals surface area contributed by atoms with Crippen LogP contribution in [0.15, 0.2) is 0 Å². The number of carbonyl (C=O) groups excluding carboxylic acids is 1. The van der Waals surface area contributed by atoms with Crippen LogP contribution in [0.5, 0.6) is 0 Å². The minimum absolute atomic E-state index is 0.116. The highest BCUT2D eigenvalue weighted by molar-refractivity contribution is 6.24. The van der Waals surface area contributed by atoms with Crippen molar-refractivity contribution in [3.8, 4) is 0 Å². The van der Waals surface area contributed by atoms with Crippen molar-refractivity contribution in [2.45, 2.75) is 63.0 Å². The average Bonchev–Trinajstić information content (AvgIpc) is 2.59. The van der Waals surface area contributed by atoms with Crippen LogP contribution < -0.4 is 0 Å². The Kier molecular flexibility index (Phi) is 2.96. The summed E-state index contributed by atoms with van der Waals surface area (Å²) in [4.78, 5) is 11.4. The Morgan fingerprint density at radius 2 is 1.95 bits per heavy atom. The minimum Gasteiger partial charge on any atom is -0.455 e. The molecule has 2 aliphatic carbocycles. The molecule has 0 bridgehead atoms. The first kappa shape index (κ1) is 13.7. The molecule has 3 nitrogen and oxygen atoms in total. The summed E-state index contributed by atoms with van der Waals surface area (Å²) in [5.74, 6) is 0.584. The molecule has 1 heterocycles. The predicted octanol–water partition coefficient (Wildman–Crippen LogP) is 2.73. The third kappa shape index (κ3) is 1.64. The van der Waals surface area contributed by atoms with E-state index in [2.05, 4.69) is 6.92 Å². The number of ether oxygens (including phenoxy) is 1. The lowest BCUT2D eigenvalue weighted by Gasteiger charge is -2.56. The van der Waals surface area contributed by atoms with E-state index >= 15 is 0 Å². The first-order valence-electron chi connectivity index (χ1n) is 7.40. The molecule has 1 spiro atoms. The van der Waals surface area contributed by atoms with Gasteiger partial charge in [-0.2, -0.15) is 0 Å². The molecule has 0 amide bonds. The van der Waals surface area contributed by atoms with Gasteiger partial charge in [0.2, 0.25) is 0 Å². The van der Waals surface area contributed by atoms with Crippen molar-refractivity contribution < 1.29 is 14.6 Å². The van der Waals surface area contributed by atoms with Crippen LogP contribution >= 0.6 is 11.6 Å². The summed E-state index contributed by atoms with van der Waals surface area (Å²) < 4.78 is 5.81. The Bertz CT molecular complexity index is 404. The molecule has 0 aromatic rings. The lowest BCUT2D eigenvalue weighted by molar-refractivity contribution is -0.206. The summed E-state index contributed by atoms with van der Waals surface area (Å²) in [7, 11) is 0. The first-order valence-corrected chi connectivity index (χ1v) is 7.78. The van der Waals surface area contributed by atoms with E-state index in [0.29, 0.717) is 5.92 Å². The summed E-state index contributed by atoms with van der Waals surface area (Å²) >= 11 is 6.51. The van der Waals surface area contributed by atoms with Gasteiger partial charge >= 0.3 is 5.97 Å². The lowest BCUT2D eigenvalue weighted by atomic mass is 9.54. The fourth-order valence-electron chi connectivity index (χ4n) is 4.83. The number of halogens is 1. The van der Waals surface area contributed by atoms with E-state index in [9.17, 15) is 9.90 Å². The van der Waals surface area contributed by atoms with Crippen molar-refractivity contribution in [1.29, 1.82) is 0 Å². The molecule has 1 aliphatic heterocycles. The van der Waals surface area contributed by atoms with E-state index < -0.39 is 16.6 Å². The Morgan fingerprint density at radius 1 is 1.26 bits per heavy atom. The van der Waals surface area contributed by atoms with E-state index in [1.807, 2.05) is 13.8 Å². The number of aliphatic hydroxyl groups is 1. The molecule has 0 aromatic carbocycles. The Balaban J connectivity index is 2.08. The van der Waals surface area contributed by atoms with Crippen molar-refractivity contribution >= 4 is 17.6 Å². The zero-order valence-corrected chi connectivity index (χ0v) is 12.6. The van der Waals surface area contributed by atoms with Crippen LogP contribution in [0.1, 0.15) is 46.5 Å². The van der Waals surface area contributed by atoms with Gasteiger partial charge in [0.1, 0.15) is 11.7 Å². The quantitative estimate of drug-likeness (QED) is 0.550. The van der Waals surface area contributed by atoms with Crippen molar-refractivity contribution in [1.82, 2.24) is 0 Å². The molecule has 4 heteroatoms. The maximum atomic E-state index is 12.1. The molecule has 3 rings (SSSR count). The highest BCUT2D eigenvalue weighted by Gasteiger charge is 2.68. The van der Waals surface area contributed by atoms with Crippen LogP contribution in [0, 0.1) is 23.7 Å². The SMILES string of the molecule is C[C@@H]1CC[C@H]2[C@@H](C)C(=O)O[C@@]23[C@H]1CC[C@](C)(Cl)[C@H]3O. The molecule has 1 saturated heterocycles. The molecule has 108 valence electrons. The molecule has 0 unspecified atom stereocenters. The Morgan fingerprint density at radius 3 is 2.63 bits per heavy atom. The van der Waals surface area contributed by atoms with Crippen LogP contribution in [0.2, 0.25) is 0 Å². The van der Waals surface area contributed by atoms with Crippen LogP contribution in [0.3, 0.4) is 0 Å². The second kappa shape index (κ2) is 4.11. The first-order chi connectivity index (χ1) is 8.80. The number of hydrogen-bond donors (Lipinski definition) is 1. The number of hydrogen-bond acceptors (Lipinski definition) is 3. The smallest absolute Gasteiger partial charge is 0.309 e. The van der Waals surface area contributed by atoms with E-state index in [1.165, 1.54) is 0 Å². The molecule has 2 saturated carbocycles. The Hall–Kier alpha value is -0.280. The Labute approximate surface area is 119 Å². The zero-order valence-electron chi connectivity index (χ0n) is 11.9. The number of alkyl halides is 1. The molecule has 0 radical (unpaired) electrons. The fourth-order valence-corrected chi connectivity index (χ4v) is 5.11. The van der Waals surface area contributed by atoms with Gasteiger partial charge in [0.05, 0.1) is 10.8 Å². The van der Waals surface area contributed by atoms with Crippen LogP contribution in [-0.2, 0) is 9.53 Å². The highest BCUT2D eigenvalue weighted by atomic mass is 35.5. The van der Waals surface area contributed by atoms with Crippen molar-refractivity contribution in [2.24, 2.45) is 23.7 Å². The lowest BCUT2D eigenvalue weighted by Crippen LogP contribution is -2.66. The summed E-state index contributed by atoms with van der Waals surface area (Å²) in [6.45, 7) is 6.02. The predicted molar refractivity (Wildman–Crippen MR) is 72.9 cm³/mol. The van der Waals surface area contributed by atoms with Gasteiger partial charge < -0.3 is 9.84 Å². The monoisotopic (exact) mass is 286 g/mol.